The largest absolute Gasteiger partial charge is 0.346 e. The van der Waals surface area contributed by atoms with Gasteiger partial charge in [0.25, 0.3) is 0 Å². The average molecular weight is 209 g/mol. The van der Waals surface area contributed by atoms with E-state index in [4.69, 9.17) is 0 Å². The first-order chi connectivity index (χ1) is 6.74. The Bertz CT molecular complexity index is 274. The van der Waals surface area contributed by atoms with Crippen LogP contribution in [0.2, 0.25) is 0 Å². The molecule has 0 saturated heterocycles. The van der Waals surface area contributed by atoms with Gasteiger partial charge in [-0.15, -0.1) is 11.8 Å². The van der Waals surface area contributed by atoms with E-state index in [1.807, 2.05) is 30.3 Å². The third-order valence-electron chi connectivity index (χ3n) is 1.84. The Labute approximate surface area is 89.1 Å². The molecule has 1 unspecified atom stereocenters. The first-order valence-electron chi connectivity index (χ1n) is 4.65. The van der Waals surface area contributed by atoms with Gasteiger partial charge in [-0.25, -0.2) is 0 Å². The lowest BCUT2D eigenvalue weighted by atomic mass is 10.2. The molecule has 1 aromatic carbocycles. The SMILES string of the molecule is CC(C)C(NC=O)Sc1ccccc1. The number of hydrogen-bond acceptors (Lipinski definition) is 2. The zero-order chi connectivity index (χ0) is 10.4. The Morgan fingerprint density at radius 3 is 2.43 bits per heavy atom. The molecule has 0 aromatic heterocycles. The molecule has 0 bridgehead atoms. The summed E-state index contributed by atoms with van der Waals surface area (Å²) >= 11 is 1.68. The molecule has 0 radical (unpaired) electrons. The number of benzene rings is 1. The number of rotatable bonds is 5. The van der Waals surface area contributed by atoms with Crippen molar-refractivity contribution in [2.45, 2.75) is 24.1 Å². The van der Waals surface area contributed by atoms with Gasteiger partial charge in [-0.3, -0.25) is 4.79 Å². The molecule has 1 atom stereocenters. The van der Waals surface area contributed by atoms with Crippen LogP contribution in [0.15, 0.2) is 35.2 Å². The summed E-state index contributed by atoms with van der Waals surface area (Å²) in [5.74, 6) is 0.422. The zero-order valence-corrected chi connectivity index (χ0v) is 9.25. The van der Waals surface area contributed by atoms with Gasteiger partial charge in [0.2, 0.25) is 6.41 Å². The predicted molar refractivity (Wildman–Crippen MR) is 60.1 cm³/mol. The van der Waals surface area contributed by atoms with E-state index in [0.29, 0.717) is 5.92 Å². The van der Waals surface area contributed by atoms with E-state index >= 15 is 0 Å². The molecule has 1 amide bonds. The van der Waals surface area contributed by atoms with Crippen LogP contribution >= 0.6 is 11.8 Å². The van der Waals surface area contributed by atoms with Gasteiger partial charge in [0.15, 0.2) is 0 Å². The molecule has 1 N–H and O–H groups in total. The van der Waals surface area contributed by atoms with E-state index in [1.165, 1.54) is 4.90 Å². The quantitative estimate of drug-likeness (QED) is 0.458. The van der Waals surface area contributed by atoms with E-state index in [1.54, 1.807) is 11.8 Å². The fraction of sp³-hybridized carbons (Fsp3) is 0.364. The summed E-state index contributed by atoms with van der Waals surface area (Å²) in [6, 6.07) is 10.1. The number of hydrogen-bond donors (Lipinski definition) is 1. The van der Waals surface area contributed by atoms with Crippen LogP contribution in [-0.4, -0.2) is 11.8 Å². The Morgan fingerprint density at radius 1 is 1.29 bits per heavy atom. The van der Waals surface area contributed by atoms with Crippen LogP contribution in [0.5, 0.6) is 0 Å². The summed E-state index contributed by atoms with van der Waals surface area (Å²) < 4.78 is 0. The molecule has 0 spiro atoms. The lowest BCUT2D eigenvalue weighted by Gasteiger charge is -2.19. The van der Waals surface area contributed by atoms with Crippen molar-refractivity contribution < 1.29 is 4.79 Å². The highest BCUT2D eigenvalue weighted by Crippen LogP contribution is 2.25. The van der Waals surface area contributed by atoms with E-state index in [9.17, 15) is 4.79 Å². The molecule has 76 valence electrons. The fourth-order valence-electron chi connectivity index (χ4n) is 1.08. The van der Waals surface area contributed by atoms with E-state index in [-0.39, 0.29) is 5.37 Å². The Hall–Kier alpha value is -0.960. The molecule has 0 fully saturated rings. The highest BCUT2D eigenvalue weighted by molar-refractivity contribution is 8.00. The van der Waals surface area contributed by atoms with Crippen molar-refractivity contribution in [1.29, 1.82) is 0 Å². The average Bonchev–Trinajstić information content (AvgIpc) is 2.18. The van der Waals surface area contributed by atoms with Crippen molar-refractivity contribution >= 4 is 18.2 Å². The van der Waals surface area contributed by atoms with Crippen LogP contribution in [0.4, 0.5) is 0 Å². The third-order valence-corrected chi connectivity index (χ3v) is 3.32. The number of nitrogens with one attached hydrogen (secondary N) is 1. The Kier molecular flexibility index (Phi) is 4.53. The second-order valence-corrected chi connectivity index (χ2v) is 4.60. The molecule has 3 heteroatoms. The van der Waals surface area contributed by atoms with Crippen molar-refractivity contribution in [2.24, 2.45) is 5.92 Å². The molecule has 0 aliphatic heterocycles. The van der Waals surface area contributed by atoms with Gasteiger partial charge in [-0.05, 0) is 18.1 Å². The molecule has 1 rings (SSSR count). The summed E-state index contributed by atoms with van der Waals surface area (Å²) in [4.78, 5) is 11.6. The van der Waals surface area contributed by atoms with Crippen molar-refractivity contribution in [1.82, 2.24) is 5.32 Å². The van der Waals surface area contributed by atoms with Crippen molar-refractivity contribution in [3.8, 4) is 0 Å². The van der Waals surface area contributed by atoms with Crippen LogP contribution in [-0.2, 0) is 4.79 Å². The maximum atomic E-state index is 10.4. The first-order valence-corrected chi connectivity index (χ1v) is 5.53. The Balaban J connectivity index is 2.60. The third kappa shape index (κ3) is 3.42. The van der Waals surface area contributed by atoms with Crippen molar-refractivity contribution in [3.63, 3.8) is 0 Å². The molecular weight excluding hydrogens is 194 g/mol. The fourth-order valence-corrected chi connectivity index (χ4v) is 2.08. The standard InChI is InChI=1S/C11H15NOS/c1-9(2)11(12-8-13)14-10-6-4-3-5-7-10/h3-9,11H,1-2H3,(H,12,13). The van der Waals surface area contributed by atoms with Gasteiger partial charge in [0, 0.05) is 4.90 Å². The summed E-state index contributed by atoms with van der Waals surface area (Å²) in [5, 5.41) is 2.96. The highest BCUT2D eigenvalue weighted by Gasteiger charge is 2.12. The molecule has 1 aromatic rings. The maximum Gasteiger partial charge on any atom is 0.208 e. The van der Waals surface area contributed by atoms with Crippen LogP contribution < -0.4 is 5.32 Å². The van der Waals surface area contributed by atoms with Gasteiger partial charge in [0.05, 0.1) is 5.37 Å². The topological polar surface area (TPSA) is 29.1 Å². The van der Waals surface area contributed by atoms with Gasteiger partial charge >= 0.3 is 0 Å². The predicted octanol–water partition coefficient (Wildman–Crippen LogP) is 2.51. The Morgan fingerprint density at radius 2 is 1.93 bits per heavy atom. The van der Waals surface area contributed by atoms with Gasteiger partial charge in [-0.1, -0.05) is 32.0 Å². The minimum Gasteiger partial charge on any atom is -0.346 e. The molecule has 14 heavy (non-hydrogen) atoms. The lowest BCUT2D eigenvalue weighted by Crippen LogP contribution is -2.29. The van der Waals surface area contributed by atoms with Gasteiger partial charge < -0.3 is 5.32 Å². The number of amides is 1. The smallest absolute Gasteiger partial charge is 0.208 e. The molecule has 0 aliphatic carbocycles. The minimum atomic E-state index is 0.148. The summed E-state index contributed by atoms with van der Waals surface area (Å²) in [5.41, 5.74) is 0. The van der Waals surface area contributed by atoms with Crippen molar-refractivity contribution in [3.05, 3.63) is 30.3 Å². The number of thioether (sulfide) groups is 1. The normalized spacial score (nSPS) is 12.5. The first kappa shape index (κ1) is 11.1. The zero-order valence-electron chi connectivity index (χ0n) is 8.44. The summed E-state index contributed by atoms with van der Waals surface area (Å²) in [6.07, 6.45) is 0.764. The minimum absolute atomic E-state index is 0.148. The molecule has 2 nitrogen and oxygen atoms in total. The van der Waals surface area contributed by atoms with E-state index in [0.717, 1.165) is 6.41 Å². The second kappa shape index (κ2) is 5.70. The summed E-state index contributed by atoms with van der Waals surface area (Å²) in [7, 11) is 0. The highest BCUT2D eigenvalue weighted by atomic mass is 32.2. The number of carbonyl (C=O) groups is 1. The van der Waals surface area contributed by atoms with Gasteiger partial charge in [0.1, 0.15) is 0 Å². The molecule has 0 heterocycles. The van der Waals surface area contributed by atoms with Crippen LogP contribution in [0, 0.1) is 5.92 Å². The monoisotopic (exact) mass is 209 g/mol. The lowest BCUT2D eigenvalue weighted by molar-refractivity contribution is -0.109. The van der Waals surface area contributed by atoms with Gasteiger partial charge in [-0.2, -0.15) is 0 Å². The molecule has 0 aliphatic rings. The summed E-state index contributed by atoms with van der Waals surface area (Å²) in [6.45, 7) is 4.19. The van der Waals surface area contributed by atoms with Crippen LogP contribution in [0.1, 0.15) is 13.8 Å². The molecular formula is C11H15NOS. The maximum absolute atomic E-state index is 10.4. The van der Waals surface area contributed by atoms with E-state index < -0.39 is 0 Å². The second-order valence-electron chi connectivity index (χ2n) is 3.38. The van der Waals surface area contributed by atoms with E-state index in [2.05, 4.69) is 19.2 Å². The molecule has 0 saturated carbocycles. The number of carbonyl (C=O) groups excluding carboxylic acids is 1. The van der Waals surface area contributed by atoms with Crippen molar-refractivity contribution in [2.75, 3.05) is 0 Å². The van der Waals surface area contributed by atoms with Crippen LogP contribution in [0.25, 0.3) is 0 Å². The van der Waals surface area contributed by atoms with Crippen LogP contribution in [0.3, 0.4) is 0 Å².